The fraction of sp³-hybridized carbons (Fsp3) is 0.0833. The molecule has 0 bridgehead atoms. The van der Waals surface area contributed by atoms with Crippen LogP contribution < -0.4 is 4.74 Å². The number of ether oxygens (including phenoxy) is 1. The van der Waals surface area contributed by atoms with Crippen LogP contribution in [-0.4, -0.2) is 17.3 Å². The Kier molecular flexibility index (Phi) is 4.28. The van der Waals surface area contributed by atoms with Gasteiger partial charge in [0.15, 0.2) is 12.4 Å². The number of hydrogen-bond donors (Lipinski definition) is 0. The molecule has 0 spiro atoms. The second kappa shape index (κ2) is 5.94. The molecule has 0 saturated heterocycles. The molecular formula is C12H8BrNO4S. The van der Waals surface area contributed by atoms with Crippen molar-refractivity contribution in [2.24, 2.45) is 0 Å². The summed E-state index contributed by atoms with van der Waals surface area (Å²) in [6.45, 7) is -0.224. The van der Waals surface area contributed by atoms with Gasteiger partial charge in [-0.3, -0.25) is 14.9 Å². The van der Waals surface area contributed by atoms with E-state index in [1.807, 2.05) is 0 Å². The second-order valence-corrected chi connectivity index (χ2v) is 6.00. The fourth-order valence-corrected chi connectivity index (χ4v) is 2.72. The summed E-state index contributed by atoms with van der Waals surface area (Å²) in [5.41, 5.74) is -0.150. The number of nitrogens with zero attached hydrogens (tertiary/aromatic N) is 1. The van der Waals surface area contributed by atoms with Gasteiger partial charge in [-0.25, -0.2) is 0 Å². The Bertz CT molecular complexity index is 626. The van der Waals surface area contributed by atoms with Gasteiger partial charge in [0.05, 0.1) is 13.6 Å². The number of nitro benzene ring substituents is 1. The van der Waals surface area contributed by atoms with Crippen LogP contribution in [0.25, 0.3) is 0 Å². The van der Waals surface area contributed by atoms with Crippen LogP contribution in [0, 0.1) is 10.1 Å². The number of hydrogen-bond acceptors (Lipinski definition) is 5. The number of ketones is 1. The van der Waals surface area contributed by atoms with Crippen molar-refractivity contribution in [2.75, 3.05) is 6.61 Å². The lowest BCUT2D eigenvalue weighted by Crippen LogP contribution is -2.10. The molecule has 0 atom stereocenters. The SMILES string of the molecule is O=C(COc1ccccc1[N+](=O)[O-])c1ccc(Br)s1. The lowest BCUT2D eigenvalue weighted by atomic mass is 10.3. The minimum absolute atomic E-state index is 0.0940. The molecule has 0 aliphatic rings. The zero-order valence-electron chi connectivity index (χ0n) is 9.54. The van der Waals surface area contributed by atoms with Crippen LogP contribution in [0.3, 0.4) is 0 Å². The van der Waals surface area contributed by atoms with Gasteiger partial charge in [0.25, 0.3) is 0 Å². The summed E-state index contributed by atoms with van der Waals surface area (Å²) >= 11 is 4.56. The fourth-order valence-electron chi connectivity index (χ4n) is 1.41. The van der Waals surface area contributed by atoms with Crippen LogP contribution in [0.4, 0.5) is 5.69 Å². The number of Topliss-reactive ketones (excluding diaryl/α,β-unsaturated/α-hetero) is 1. The first-order chi connectivity index (χ1) is 9.08. The number of thiophene rings is 1. The molecule has 1 heterocycles. The molecule has 0 N–H and O–H groups in total. The Labute approximate surface area is 121 Å². The molecule has 7 heteroatoms. The number of rotatable bonds is 5. The normalized spacial score (nSPS) is 10.2. The Morgan fingerprint density at radius 1 is 1.32 bits per heavy atom. The van der Waals surface area contributed by atoms with Crippen molar-refractivity contribution in [3.05, 3.63) is 55.2 Å². The molecule has 1 aromatic heterocycles. The second-order valence-electron chi connectivity index (χ2n) is 3.54. The third kappa shape index (κ3) is 3.39. The highest BCUT2D eigenvalue weighted by atomic mass is 79.9. The van der Waals surface area contributed by atoms with Crippen LogP contribution in [0.15, 0.2) is 40.2 Å². The van der Waals surface area contributed by atoms with Crippen molar-refractivity contribution in [3.63, 3.8) is 0 Å². The van der Waals surface area contributed by atoms with Gasteiger partial charge in [0.2, 0.25) is 5.78 Å². The highest BCUT2D eigenvalue weighted by Crippen LogP contribution is 2.27. The zero-order valence-corrected chi connectivity index (χ0v) is 11.9. The Morgan fingerprint density at radius 3 is 2.68 bits per heavy atom. The molecule has 0 aliphatic carbocycles. The highest BCUT2D eigenvalue weighted by molar-refractivity contribution is 9.11. The first-order valence-electron chi connectivity index (χ1n) is 5.22. The van der Waals surface area contributed by atoms with Crippen molar-refractivity contribution in [1.82, 2.24) is 0 Å². The van der Waals surface area contributed by atoms with Crippen molar-refractivity contribution in [3.8, 4) is 5.75 Å². The van der Waals surface area contributed by atoms with Crippen LogP contribution in [0.5, 0.6) is 5.75 Å². The van der Waals surface area contributed by atoms with E-state index in [2.05, 4.69) is 15.9 Å². The van der Waals surface area contributed by atoms with Crippen LogP contribution in [0.2, 0.25) is 0 Å². The van der Waals surface area contributed by atoms with Crippen molar-refractivity contribution in [1.29, 1.82) is 0 Å². The average Bonchev–Trinajstić information content (AvgIpc) is 2.83. The molecule has 0 radical (unpaired) electrons. The topological polar surface area (TPSA) is 69.4 Å². The molecule has 0 amide bonds. The predicted molar refractivity (Wildman–Crippen MR) is 74.9 cm³/mol. The number of para-hydroxylation sites is 2. The van der Waals surface area contributed by atoms with Crippen LogP contribution >= 0.6 is 27.3 Å². The molecule has 0 unspecified atom stereocenters. The van der Waals surface area contributed by atoms with E-state index < -0.39 is 4.92 Å². The van der Waals surface area contributed by atoms with Gasteiger partial charge in [0, 0.05) is 6.07 Å². The number of halogens is 1. The molecular weight excluding hydrogens is 334 g/mol. The van der Waals surface area contributed by atoms with Gasteiger partial charge < -0.3 is 4.74 Å². The van der Waals surface area contributed by atoms with E-state index in [4.69, 9.17) is 4.74 Å². The van der Waals surface area contributed by atoms with E-state index in [0.717, 1.165) is 3.79 Å². The van der Waals surface area contributed by atoms with E-state index in [0.29, 0.717) is 4.88 Å². The van der Waals surface area contributed by atoms with Gasteiger partial charge in [0.1, 0.15) is 0 Å². The van der Waals surface area contributed by atoms with Crippen LogP contribution in [0.1, 0.15) is 9.67 Å². The summed E-state index contributed by atoms with van der Waals surface area (Å²) in [5, 5.41) is 10.8. The molecule has 19 heavy (non-hydrogen) atoms. The highest BCUT2D eigenvalue weighted by Gasteiger charge is 2.16. The number of benzene rings is 1. The minimum atomic E-state index is -0.540. The molecule has 1 aromatic carbocycles. The molecule has 0 aliphatic heterocycles. The van der Waals surface area contributed by atoms with E-state index in [1.54, 1.807) is 24.3 Å². The third-order valence-electron chi connectivity index (χ3n) is 2.27. The first-order valence-corrected chi connectivity index (χ1v) is 6.83. The summed E-state index contributed by atoms with van der Waals surface area (Å²) in [4.78, 5) is 22.6. The van der Waals surface area contributed by atoms with Gasteiger partial charge in [-0.05, 0) is 34.1 Å². The van der Waals surface area contributed by atoms with Gasteiger partial charge in [-0.1, -0.05) is 12.1 Å². The van der Waals surface area contributed by atoms with Gasteiger partial charge in [-0.2, -0.15) is 0 Å². The monoisotopic (exact) mass is 341 g/mol. The van der Waals surface area contributed by atoms with Crippen molar-refractivity contribution in [2.45, 2.75) is 0 Å². The zero-order chi connectivity index (χ0) is 13.8. The molecule has 98 valence electrons. The Hall–Kier alpha value is -1.73. The number of nitro groups is 1. The number of carbonyl (C=O) groups excluding carboxylic acids is 1. The Morgan fingerprint density at radius 2 is 2.05 bits per heavy atom. The number of carbonyl (C=O) groups is 1. The van der Waals surface area contributed by atoms with Crippen LogP contribution in [-0.2, 0) is 0 Å². The van der Waals surface area contributed by atoms with Crippen molar-refractivity contribution >= 4 is 38.7 Å². The molecule has 2 aromatic rings. The Balaban J connectivity index is 2.07. The van der Waals surface area contributed by atoms with E-state index in [-0.39, 0.29) is 23.8 Å². The smallest absolute Gasteiger partial charge is 0.310 e. The molecule has 0 fully saturated rings. The van der Waals surface area contributed by atoms with E-state index in [9.17, 15) is 14.9 Å². The van der Waals surface area contributed by atoms with E-state index in [1.165, 1.54) is 23.5 Å². The maximum Gasteiger partial charge on any atom is 0.310 e. The summed E-state index contributed by atoms with van der Waals surface area (Å²) in [6.07, 6.45) is 0. The maximum absolute atomic E-state index is 11.8. The minimum Gasteiger partial charge on any atom is -0.478 e. The van der Waals surface area contributed by atoms with Crippen molar-refractivity contribution < 1.29 is 14.5 Å². The average molecular weight is 342 g/mol. The largest absolute Gasteiger partial charge is 0.478 e. The standard InChI is InChI=1S/C12H8BrNO4S/c13-12-6-5-11(19-12)9(15)7-18-10-4-2-1-3-8(10)14(16)17/h1-6H,7H2. The molecule has 0 saturated carbocycles. The summed E-state index contributed by atoms with van der Waals surface area (Å²) in [6, 6.07) is 9.41. The lowest BCUT2D eigenvalue weighted by molar-refractivity contribution is -0.385. The van der Waals surface area contributed by atoms with Gasteiger partial charge in [-0.15, -0.1) is 11.3 Å². The maximum atomic E-state index is 11.8. The summed E-state index contributed by atoms with van der Waals surface area (Å²) < 4.78 is 6.07. The van der Waals surface area contributed by atoms with Gasteiger partial charge >= 0.3 is 5.69 Å². The summed E-state index contributed by atoms with van der Waals surface area (Å²) in [7, 11) is 0. The molecule has 2 rings (SSSR count). The third-order valence-corrected chi connectivity index (χ3v) is 3.93. The predicted octanol–water partition coefficient (Wildman–Crippen LogP) is 3.68. The lowest BCUT2D eigenvalue weighted by Gasteiger charge is -2.04. The molecule has 5 nitrogen and oxygen atoms in total. The van der Waals surface area contributed by atoms with E-state index >= 15 is 0 Å². The first kappa shape index (κ1) is 13.7. The quantitative estimate of drug-likeness (QED) is 0.472. The summed E-state index contributed by atoms with van der Waals surface area (Å²) in [5.74, 6) is -0.120.